The maximum absolute atomic E-state index is 12.2. The number of esters is 1. The molecule has 0 bridgehead atoms. The van der Waals surface area contributed by atoms with E-state index in [-0.39, 0.29) is 12.5 Å². The van der Waals surface area contributed by atoms with Crippen molar-refractivity contribution in [2.45, 2.75) is 38.0 Å². The van der Waals surface area contributed by atoms with Crippen LogP contribution in [-0.2, 0) is 9.53 Å². The molecule has 2 aromatic carbocycles. The van der Waals surface area contributed by atoms with E-state index in [1.807, 2.05) is 12.1 Å². The Hall–Kier alpha value is -3.15. The molecule has 2 aromatic rings. The van der Waals surface area contributed by atoms with E-state index in [9.17, 15) is 14.4 Å². The van der Waals surface area contributed by atoms with E-state index in [0.29, 0.717) is 22.7 Å². The average molecular weight is 408 g/mol. The van der Waals surface area contributed by atoms with E-state index in [4.69, 9.17) is 4.74 Å². The van der Waals surface area contributed by atoms with Gasteiger partial charge in [-0.1, -0.05) is 31.4 Å². The van der Waals surface area contributed by atoms with Crippen molar-refractivity contribution < 1.29 is 19.1 Å². The number of rotatable bonds is 6. The number of carbonyl (C=O) groups excluding carboxylic acids is 3. The molecule has 158 valence electrons. The zero-order valence-electron chi connectivity index (χ0n) is 17.5. The van der Waals surface area contributed by atoms with Crippen LogP contribution in [-0.4, -0.2) is 43.4 Å². The van der Waals surface area contributed by atoms with Gasteiger partial charge >= 0.3 is 5.97 Å². The predicted molar refractivity (Wildman–Crippen MR) is 116 cm³/mol. The number of carbonyl (C=O) groups is 3. The molecule has 30 heavy (non-hydrogen) atoms. The largest absolute Gasteiger partial charge is 0.452 e. The van der Waals surface area contributed by atoms with Crippen molar-refractivity contribution in [1.82, 2.24) is 4.90 Å². The zero-order valence-corrected chi connectivity index (χ0v) is 17.5. The third kappa shape index (κ3) is 5.69. The third-order valence-electron chi connectivity index (χ3n) is 5.38. The van der Waals surface area contributed by atoms with E-state index in [1.165, 1.54) is 42.6 Å². The van der Waals surface area contributed by atoms with Gasteiger partial charge in [-0.2, -0.15) is 0 Å². The van der Waals surface area contributed by atoms with Crippen LogP contribution < -0.4 is 5.32 Å². The third-order valence-corrected chi connectivity index (χ3v) is 5.38. The summed E-state index contributed by atoms with van der Waals surface area (Å²) in [5.41, 5.74) is 2.76. The molecule has 1 fully saturated rings. The van der Waals surface area contributed by atoms with Crippen LogP contribution in [0.3, 0.4) is 0 Å². The quantitative estimate of drug-likeness (QED) is 0.726. The molecule has 6 nitrogen and oxygen atoms in total. The number of benzene rings is 2. The van der Waals surface area contributed by atoms with Gasteiger partial charge in [0.2, 0.25) is 0 Å². The highest BCUT2D eigenvalue weighted by molar-refractivity contribution is 5.97. The monoisotopic (exact) mass is 408 g/mol. The summed E-state index contributed by atoms with van der Waals surface area (Å²) in [6, 6.07) is 14.1. The lowest BCUT2D eigenvalue weighted by atomic mass is 9.84. The highest BCUT2D eigenvalue weighted by atomic mass is 16.5. The molecule has 1 saturated carbocycles. The lowest BCUT2D eigenvalue weighted by molar-refractivity contribution is -0.119. The van der Waals surface area contributed by atoms with Crippen molar-refractivity contribution in [3.63, 3.8) is 0 Å². The number of ether oxygens (including phenoxy) is 1. The Morgan fingerprint density at radius 1 is 0.900 bits per heavy atom. The molecule has 1 aliphatic carbocycles. The molecule has 0 aromatic heterocycles. The molecule has 0 unspecified atom stereocenters. The van der Waals surface area contributed by atoms with Crippen molar-refractivity contribution in [2.24, 2.45) is 0 Å². The van der Waals surface area contributed by atoms with E-state index in [1.54, 1.807) is 50.5 Å². The smallest absolute Gasteiger partial charge is 0.338 e. The van der Waals surface area contributed by atoms with Crippen molar-refractivity contribution in [2.75, 3.05) is 26.0 Å². The molecule has 1 N–H and O–H groups in total. The second kappa shape index (κ2) is 10.1. The summed E-state index contributed by atoms with van der Waals surface area (Å²) < 4.78 is 5.13. The first-order valence-corrected chi connectivity index (χ1v) is 10.3. The fraction of sp³-hybridized carbons (Fsp3) is 0.375. The van der Waals surface area contributed by atoms with Crippen molar-refractivity contribution in [1.29, 1.82) is 0 Å². The maximum atomic E-state index is 12.2. The van der Waals surface area contributed by atoms with Crippen molar-refractivity contribution in [3.05, 3.63) is 65.2 Å². The Morgan fingerprint density at radius 2 is 1.50 bits per heavy atom. The minimum Gasteiger partial charge on any atom is -0.452 e. The van der Waals surface area contributed by atoms with Gasteiger partial charge in [-0.05, 0) is 60.7 Å². The average Bonchev–Trinajstić information content (AvgIpc) is 2.78. The number of amides is 2. The molecule has 0 radical (unpaired) electrons. The van der Waals surface area contributed by atoms with Gasteiger partial charge in [0.25, 0.3) is 11.8 Å². The van der Waals surface area contributed by atoms with Gasteiger partial charge in [-0.15, -0.1) is 0 Å². The minimum absolute atomic E-state index is 0.115. The molecule has 0 spiro atoms. The Labute approximate surface area is 177 Å². The summed E-state index contributed by atoms with van der Waals surface area (Å²) in [7, 11) is 3.35. The lowest BCUT2D eigenvalue weighted by Crippen LogP contribution is -2.22. The van der Waals surface area contributed by atoms with Gasteiger partial charge < -0.3 is 15.0 Å². The van der Waals surface area contributed by atoms with Crippen LogP contribution in [0.1, 0.15) is 64.3 Å². The normalized spacial score (nSPS) is 14.1. The van der Waals surface area contributed by atoms with E-state index >= 15 is 0 Å². The van der Waals surface area contributed by atoms with Gasteiger partial charge in [0.05, 0.1) is 5.56 Å². The van der Waals surface area contributed by atoms with Crippen LogP contribution in [0.4, 0.5) is 5.69 Å². The first kappa shape index (κ1) is 21.6. The first-order chi connectivity index (χ1) is 14.4. The highest BCUT2D eigenvalue weighted by Crippen LogP contribution is 2.32. The van der Waals surface area contributed by atoms with Crippen LogP contribution >= 0.6 is 0 Å². The molecular formula is C24H28N2O4. The number of hydrogen-bond acceptors (Lipinski definition) is 4. The van der Waals surface area contributed by atoms with Crippen LogP contribution in [0.5, 0.6) is 0 Å². The SMILES string of the molecule is CN(C)C(=O)c1ccc(NC(=O)COC(=O)c2ccc(C3CCCCC3)cc2)cc1. The Bertz CT molecular complexity index is 882. The van der Waals surface area contributed by atoms with E-state index in [0.717, 1.165) is 0 Å². The van der Waals surface area contributed by atoms with Gasteiger partial charge in [0.1, 0.15) is 0 Å². The molecule has 0 heterocycles. The Balaban J connectivity index is 1.48. The Kier molecular flexibility index (Phi) is 7.22. The van der Waals surface area contributed by atoms with Crippen LogP contribution in [0.15, 0.2) is 48.5 Å². The molecule has 2 amide bonds. The predicted octanol–water partition coefficient (Wildman–Crippen LogP) is 4.23. The number of anilines is 1. The molecule has 0 saturated heterocycles. The van der Waals surface area contributed by atoms with Crippen LogP contribution in [0.2, 0.25) is 0 Å². The zero-order chi connectivity index (χ0) is 21.5. The highest BCUT2D eigenvalue weighted by Gasteiger charge is 2.17. The summed E-state index contributed by atoms with van der Waals surface area (Å²) in [6.45, 7) is -0.373. The summed E-state index contributed by atoms with van der Waals surface area (Å²) >= 11 is 0. The molecule has 0 aliphatic heterocycles. The summed E-state index contributed by atoms with van der Waals surface area (Å²) in [5.74, 6) is -0.494. The van der Waals surface area contributed by atoms with E-state index in [2.05, 4.69) is 5.32 Å². The maximum Gasteiger partial charge on any atom is 0.338 e. The summed E-state index contributed by atoms with van der Waals surface area (Å²) in [5, 5.41) is 2.66. The van der Waals surface area contributed by atoms with Crippen molar-refractivity contribution in [3.8, 4) is 0 Å². The summed E-state index contributed by atoms with van der Waals surface area (Å²) in [4.78, 5) is 37.7. The fourth-order valence-electron chi connectivity index (χ4n) is 3.69. The molecule has 6 heteroatoms. The number of nitrogens with one attached hydrogen (secondary N) is 1. The lowest BCUT2D eigenvalue weighted by Gasteiger charge is -2.21. The van der Waals surface area contributed by atoms with Gasteiger partial charge in [0, 0.05) is 25.3 Å². The van der Waals surface area contributed by atoms with Gasteiger partial charge in [-0.3, -0.25) is 9.59 Å². The molecule has 1 aliphatic rings. The van der Waals surface area contributed by atoms with E-state index < -0.39 is 11.9 Å². The standard InChI is InChI=1S/C24H28N2O4/c1-26(2)23(28)19-12-14-21(15-13-19)25-22(27)16-30-24(29)20-10-8-18(9-11-20)17-6-4-3-5-7-17/h8-15,17H,3-7,16H2,1-2H3,(H,25,27). The summed E-state index contributed by atoms with van der Waals surface area (Å²) in [6.07, 6.45) is 6.24. The first-order valence-electron chi connectivity index (χ1n) is 10.3. The number of nitrogens with zero attached hydrogens (tertiary/aromatic N) is 1. The Morgan fingerprint density at radius 3 is 2.10 bits per heavy atom. The second-order valence-electron chi connectivity index (χ2n) is 7.86. The van der Waals surface area contributed by atoms with Crippen LogP contribution in [0.25, 0.3) is 0 Å². The molecular weight excluding hydrogens is 380 g/mol. The minimum atomic E-state index is -0.521. The van der Waals surface area contributed by atoms with Gasteiger partial charge in [0.15, 0.2) is 6.61 Å². The second-order valence-corrected chi connectivity index (χ2v) is 7.86. The van der Waals surface area contributed by atoms with Crippen LogP contribution in [0, 0.1) is 0 Å². The fourth-order valence-corrected chi connectivity index (χ4v) is 3.69. The topological polar surface area (TPSA) is 75.7 Å². The van der Waals surface area contributed by atoms with Crippen molar-refractivity contribution >= 4 is 23.5 Å². The molecule has 0 atom stereocenters. The molecule has 3 rings (SSSR count). The number of hydrogen-bond donors (Lipinski definition) is 1. The van der Waals surface area contributed by atoms with Gasteiger partial charge in [-0.25, -0.2) is 4.79 Å².